The molecule has 0 spiro atoms. The van der Waals surface area contributed by atoms with Crippen LogP contribution in [0.1, 0.15) is 0 Å². The Morgan fingerprint density at radius 1 is 0.913 bits per heavy atom. The Bertz CT molecular complexity index is 558. The van der Waals surface area contributed by atoms with Gasteiger partial charge in [0.15, 0.2) is 6.29 Å². The minimum atomic E-state index is -1.62. The zero-order chi connectivity index (χ0) is 15.3. The monoisotopic (exact) mass is 392 g/mol. The van der Waals surface area contributed by atoms with Crippen molar-refractivity contribution >= 4 is 17.9 Å². The lowest BCUT2D eigenvalue weighted by Gasteiger charge is -2.28. The van der Waals surface area contributed by atoms with Crippen molar-refractivity contribution in [2.45, 2.75) is 6.29 Å². The van der Waals surface area contributed by atoms with Gasteiger partial charge in [0.05, 0.1) is 37.2 Å². The van der Waals surface area contributed by atoms with E-state index in [0.29, 0.717) is 13.2 Å². The quantitative estimate of drug-likeness (QED) is 0.517. The van der Waals surface area contributed by atoms with Crippen LogP contribution in [0.5, 0.6) is 0 Å². The summed E-state index contributed by atoms with van der Waals surface area (Å²) in [4.78, 5) is 0. The minimum absolute atomic E-state index is 0. The molecule has 1 fully saturated rings. The van der Waals surface area contributed by atoms with Gasteiger partial charge in [-0.15, -0.1) is 0 Å². The summed E-state index contributed by atoms with van der Waals surface area (Å²) in [6, 6.07) is 21.5. The fraction of sp³-hybridized carbons (Fsp3) is 0.263. The summed E-state index contributed by atoms with van der Waals surface area (Å²) in [5.41, 5.74) is 0. The van der Waals surface area contributed by atoms with E-state index in [2.05, 4.69) is 67.2 Å². The van der Waals surface area contributed by atoms with E-state index in [-0.39, 0.29) is 23.3 Å². The van der Waals surface area contributed by atoms with Gasteiger partial charge in [-0.05, 0) is 24.3 Å². The molecule has 1 heterocycles. The maximum absolute atomic E-state index is 5.77. The second kappa shape index (κ2) is 8.75. The Labute approximate surface area is 149 Å². The predicted octanol–water partition coefficient (Wildman–Crippen LogP) is 0.218. The molecule has 0 bridgehead atoms. The highest BCUT2D eigenvalue weighted by molar-refractivity contribution is 7.89. The summed E-state index contributed by atoms with van der Waals surface area (Å²) >= 11 is 0. The molecule has 0 amide bonds. The Kier molecular flexibility index (Phi) is 6.98. The fourth-order valence-electron chi connectivity index (χ4n) is 3.06. The molecular weight excluding hydrogens is 371 g/mol. The molecule has 0 saturated carbocycles. The first-order chi connectivity index (χ1) is 10.8. The smallest absolute Gasteiger partial charge is 0.192 e. The van der Waals surface area contributed by atoms with E-state index >= 15 is 0 Å². The molecular formula is C19H22BrO2P. The average Bonchev–Trinajstić information content (AvgIpc) is 3.09. The standard InChI is InChI=1S/C19H22O2P.BrH/c1-2-15-22(16-19-20-13-14-21-19,17-9-5-3-6-10-17)18-11-7-4-8-12-18;/h2-12,19H,1,13-16H2;1H/q+1;/p-1. The zero-order valence-corrected chi connectivity index (χ0v) is 15.6. The van der Waals surface area contributed by atoms with Gasteiger partial charge < -0.3 is 26.5 Å². The van der Waals surface area contributed by atoms with E-state index < -0.39 is 7.26 Å². The highest BCUT2D eigenvalue weighted by Crippen LogP contribution is 2.57. The van der Waals surface area contributed by atoms with E-state index in [4.69, 9.17) is 9.47 Å². The molecule has 2 nitrogen and oxygen atoms in total. The molecule has 2 aromatic rings. The first-order valence-electron chi connectivity index (χ1n) is 7.67. The second-order valence-electron chi connectivity index (χ2n) is 5.46. The van der Waals surface area contributed by atoms with Gasteiger partial charge >= 0.3 is 0 Å². The molecule has 1 aliphatic rings. The Balaban J connectivity index is 0.00000192. The van der Waals surface area contributed by atoms with Crippen LogP contribution in [-0.2, 0) is 9.47 Å². The predicted molar refractivity (Wildman–Crippen MR) is 94.7 cm³/mol. The molecule has 3 rings (SSSR count). The molecule has 2 aromatic carbocycles. The van der Waals surface area contributed by atoms with Crippen molar-refractivity contribution in [3.8, 4) is 0 Å². The Hall–Kier alpha value is -0.990. The van der Waals surface area contributed by atoms with Gasteiger partial charge in [-0.25, -0.2) is 0 Å². The van der Waals surface area contributed by atoms with E-state index in [9.17, 15) is 0 Å². The first kappa shape index (κ1) is 18.4. The highest BCUT2D eigenvalue weighted by Gasteiger charge is 2.45. The van der Waals surface area contributed by atoms with Crippen LogP contribution in [0.4, 0.5) is 0 Å². The third-order valence-corrected chi connectivity index (χ3v) is 8.47. The SMILES string of the molecule is C=CC[P+](CC1OCCO1)(c1ccccc1)c1ccccc1.[Br-]. The molecule has 122 valence electrons. The van der Waals surface area contributed by atoms with Crippen LogP contribution in [0.15, 0.2) is 73.3 Å². The van der Waals surface area contributed by atoms with Crippen LogP contribution >= 0.6 is 7.26 Å². The normalized spacial score (nSPS) is 15.1. The number of allylic oxidation sites excluding steroid dienone is 1. The minimum Gasteiger partial charge on any atom is -1.00 e. The summed E-state index contributed by atoms with van der Waals surface area (Å²) in [6.07, 6.45) is 3.81. The van der Waals surface area contributed by atoms with Gasteiger partial charge in [0.2, 0.25) is 0 Å². The van der Waals surface area contributed by atoms with Crippen molar-refractivity contribution in [3.63, 3.8) is 0 Å². The number of hydrogen-bond acceptors (Lipinski definition) is 2. The van der Waals surface area contributed by atoms with Crippen LogP contribution in [0.2, 0.25) is 0 Å². The van der Waals surface area contributed by atoms with E-state index in [1.807, 2.05) is 6.08 Å². The lowest BCUT2D eigenvalue weighted by Crippen LogP contribution is -3.00. The number of benzene rings is 2. The van der Waals surface area contributed by atoms with Crippen LogP contribution in [0.3, 0.4) is 0 Å². The van der Waals surface area contributed by atoms with Crippen LogP contribution in [0, 0.1) is 0 Å². The molecule has 23 heavy (non-hydrogen) atoms. The van der Waals surface area contributed by atoms with Crippen molar-refractivity contribution < 1.29 is 26.5 Å². The number of ether oxygens (including phenoxy) is 2. The van der Waals surface area contributed by atoms with E-state index in [1.54, 1.807) is 0 Å². The van der Waals surface area contributed by atoms with Crippen LogP contribution in [-0.4, -0.2) is 31.8 Å². The third-order valence-electron chi connectivity index (χ3n) is 4.09. The molecule has 0 atom stereocenters. The van der Waals surface area contributed by atoms with E-state index in [1.165, 1.54) is 10.6 Å². The Morgan fingerprint density at radius 2 is 1.39 bits per heavy atom. The molecule has 0 aromatic heterocycles. The molecule has 1 saturated heterocycles. The van der Waals surface area contributed by atoms with Gasteiger partial charge in [-0.1, -0.05) is 49.1 Å². The summed E-state index contributed by atoms with van der Waals surface area (Å²) < 4.78 is 11.5. The maximum atomic E-state index is 5.77. The van der Waals surface area contributed by atoms with Gasteiger partial charge in [0.25, 0.3) is 0 Å². The van der Waals surface area contributed by atoms with Gasteiger partial charge in [-0.2, -0.15) is 0 Å². The van der Waals surface area contributed by atoms with Gasteiger partial charge in [0, 0.05) is 0 Å². The highest BCUT2D eigenvalue weighted by atomic mass is 79.9. The summed E-state index contributed by atoms with van der Waals surface area (Å²) in [7, 11) is -1.62. The topological polar surface area (TPSA) is 18.5 Å². The van der Waals surface area contributed by atoms with Crippen molar-refractivity contribution in [3.05, 3.63) is 73.3 Å². The summed E-state index contributed by atoms with van der Waals surface area (Å²) in [5.74, 6) is 0. The number of rotatable bonds is 6. The van der Waals surface area contributed by atoms with Crippen LogP contribution in [0.25, 0.3) is 0 Å². The largest absolute Gasteiger partial charge is 1.00 e. The molecule has 0 aliphatic carbocycles. The number of halogens is 1. The van der Waals surface area contributed by atoms with Crippen molar-refractivity contribution in [2.24, 2.45) is 0 Å². The van der Waals surface area contributed by atoms with Crippen molar-refractivity contribution in [1.82, 2.24) is 0 Å². The molecule has 1 aliphatic heterocycles. The summed E-state index contributed by atoms with van der Waals surface area (Å²) in [5, 5.41) is 2.78. The molecule has 0 radical (unpaired) electrons. The second-order valence-corrected chi connectivity index (χ2v) is 9.16. The molecule has 0 N–H and O–H groups in total. The van der Waals surface area contributed by atoms with E-state index in [0.717, 1.165) is 12.3 Å². The van der Waals surface area contributed by atoms with Gasteiger partial charge in [0.1, 0.15) is 6.16 Å². The lowest BCUT2D eigenvalue weighted by atomic mass is 10.4. The lowest BCUT2D eigenvalue weighted by molar-refractivity contribution is -0.0224. The van der Waals surface area contributed by atoms with Gasteiger partial charge in [-0.3, -0.25) is 0 Å². The first-order valence-corrected chi connectivity index (χ1v) is 9.83. The maximum Gasteiger partial charge on any atom is 0.192 e. The zero-order valence-electron chi connectivity index (χ0n) is 13.1. The average molecular weight is 393 g/mol. The number of hydrogen-bond donors (Lipinski definition) is 0. The molecule has 0 unspecified atom stereocenters. The summed E-state index contributed by atoms with van der Waals surface area (Å²) in [6.45, 7) is 5.41. The molecule has 4 heteroatoms. The van der Waals surface area contributed by atoms with Crippen molar-refractivity contribution in [1.29, 1.82) is 0 Å². The van der Waals surface area contributed by atoms with Crippen LogP contribution < -0.4 is 27.6 Å². The van der Waals surface area contributed by atoms with Crippen molar-refractivity contribution in [2.75, 3.05) is 25.5 Å². The Morgan fingerprint density at radius 3 is 1.83 bits per heavy atom. The fourth-order valence-corrected chi connectivity index (χ4v) is 7.00. The third kappa shape index (κ3) is 4.10.